The van der Waals surface area contributed by atoms with Crippen LogP contribution in [0, 0.1) is 17.8 Å². The molecule has 0 aliphatic heterocycles. The zero-order valence-electron chi connectivity index (χ0n) is 17.4. The molecule has 2 aromatic carbocycles. The Labute approximate surface area is 166 Å². The first-order valence-corrected chi connectivity index (χ1v) is 10.9. The molecule has 1 nitrogen and oxygen atoms in total. The number of benzene rings is 2. The van der Waals surface area contributed by atoms with Crippen LogP contribution < -0.4 is 4.74 Å². The average Bonchev–Trinajstić information content (AvgIpc) is 2.72. The third-order valence-electron chi connectivity index (χ3n) is 6.60. The van der Waals surface area contributed by atoms with Gasteiger partial charge in [-0.1, -0.05) is 75.9 Å². The Morgan fingerprint density at radius 3 is 2.15 bits per heavy atom. The lowest BCUT2D eigenvalue weighted by atomic mass is 9.71. The summed E-state index contributed by atoms with van der Waals surface area (Å²) < 4.78 is 5.25. The quantitative estimate of drug-likeness (QED) is 0.470. The first-order chi connectivity index (χ1) is 13.2. The van der Waals surface area contributed by atoms with Gasteiger partial charge < -0.3 is 4.74 Å². The molecule has 0 bridgehead atoms. The lowest BCUT2D eigenvalue weighted by molar-refractivity contribution is 0.176. The summed E-state index contributed by atoms with van der Waals surface area (Å²) in [6, 6.07) is 17.5. The smallest absolute Gasteiger partial charge is 0.118 e. The van der Waals surface area contributed by atoms with Gasteiger partial charge in [-0.25, -0.2) is 0 Å². The molecule has 27 heavy (non-hydrogen) atoms. The molecule has 0 heterocycles. The molecule has 0 saturated heterocycles. The monoisotopic (exact) mass is 364 g/mol. The second-order valence-electron chi connectivity index (χ2n) is 8.52. The van der Waals surface area contributed by atoms with Crippen molar-refractivity contribution in [1.82, 2.24) is 0 Å². The van der Waals surface area contributed by atoms with E-state index in [1.807, 2.05) is 12.1 Å². The highest BCUT2D eigenvalue weighted by Gasteiger charge is 2.26. The van der Waals surface area contributed by atoms with Gasteiger partial charge in [-0.3, -0.25) is 0 Å². The van der Waals surface area contributed by atoms with Gasteiger partial charge in [0.1, 0.15) is 5.75 Å². The van der Waals surface area contributed by atoms with Crippen LogP contribution >= 0.6 is 0 Å². The summed E-state index contributed by atoms with van der Waals surface area (Å²) in [5, 5.41) is 0. The predicted molar refractivity (Wildman–Crippen MR) is 116 cm³/mol. The number of hydrogen-bond acceptors (Lipinski definition) is 1. The predicted octanol–water partition coefficient (Wildman–Crippen LogP) is 7.54. The maximum atomic E-state index is 5.25. The topological polar surface area (TPSA) is 9.23 Å². The molecule has 1 saturated carbocycles. The molecule has 2 aromatic rings. The maximum Gasteiger partial charge on any atom is 0.118 e. The van der Waals surface area contributed by atoms with Gasteiger partial charge in [0.2, 0.25) is 0 Å². The zero-order valence-corrected chi connectivity index (χ0v) is 17.4. The van der Waals surface area contributed by atoms with Crippen LogP contribution in [0.3, 0.4) is 0 Å². The fourth-order valence-corrected chi connectivity index (χ4v) is 4.75. The molecular formula is C26H36O. The highest BCUT2D eigenvalue weighted by Crippen LogP contribution is 2.38. The largest absolute Gasteiger partial charge is 0.497 e. The molecular weight excluding hydrogens is 328 g/mol. The third kappa shape index (κ3) is 5.61. The number of unbranched alkanes of at least 4 members (excludes halogenated alkanes) is 1. The molecule has 0 radical (unpaired) electrons. The van der Waals surface area contributed by atoms with Crippen LogP contribution in [-0.4, -0.2) is 7.11 Å². The minimum atomic E-state index is 0.902. The first kappa shape index (κ1) is 20.0. The fourth-order valence-electron chi connectivity index (χ4n) is 4.75. The molecule has 0 spiro atoms. The van der Waals surface area contributed by atoms with Crippen molar-refractivity contribution in [3.05, 3.63) is 54.1 Å². The number of hydrogen-bond donors (Lipinski definition) is 0. The van der Waals surface area contributed by atoms with Crippen LogP contribution in [0.15, 0.2) is 48.5 Å². The van der Waals surface area contributed by atoms with Gasteiger partial charge in [0, 0.05) is 0 Å². The van der Waals surface area contributed by atoms with E-state index in [-0.39, 0.29) is 0 Å². The van der Waals surface area contributed by atoms with Gasteiger partial charge in [0.05, 0.1) is 7.11 Å². The molecule has 0 amide bonds. The van der Waals surface area contributed by atoms with Crippen LogP contribution in [0.4, 0.5) is 0 Å². The van der Waals surface area contributed by atoms with E-state index in [0.717, 1.165) is 23.5 Å². The Balaban J connectivity index is 1.50. The van der Waals surface area contributed by atoms with Crippen molar-refractivity contribution in [3.8, 4) is 16.9 Å². The van der Waals surface area contributed by atoms with Crippen LogP contribution in [0.2, 0.25) is 0 Å². The Bertz CT molecular complexity index is 670. The van der Waals surface area contributed by atoms with E-state index >= 15 is 0 Å². The second kappa shape index (κ2) is 9.97. The zero-order chi connectivity index (χ0) is 19.1. The molecule has 3 atom stereocenters. The van der Waals surface area contributed by atoms with Crippen molar-refractivity contribution < 1.29 is 4.74 Å². The number of methoxy groups -OCH3 is 1. The van der Waals surface area contributed by atoms with E-state index in [1.54, 1.807) is 7.11 Å². The highest BCUT2D eigenvalue weighted by atomic mass is 16.5. The fraction of sp³-hybridized carbons (Fsp3) is 0.538. The Hall–Kier alpha value is -1.76. The van der Waals surface area contributed by atoms with E-state index in [9.17, 15) is 0 Å². The molecule has 1 fully saturated rings. The van der Waals surface area contributed by atoms with E-state index in [1.165, 1.54) is 68.1 Å². The van der Waals surface area contributed by atoms with Gasteiger partial charge in [-0.05, 0) is 72.3 Å². The van der Waals surface area contributed by atoms with Crippen molar-refractivity contribution in [2.24, 2.45) is 17.8 Å². The standard InChI is InChI=1S/C26H36O/c1-4-5-6-22-10-12-23(20(2)19-22)11-7-21-8-13-24(14-9-21)25-15-17-26(27-3)18-16-25/h8-9,13-18,20,22-23H,4-7,10-12,19H2,1-3H3. The van der Waals surface area contributed by atoms with Crippen LogP contribution in [0.25, 0.3) is 11.1 Å². The van der Waals surface area contributed by atoms with Crippen LogP contribution in [-0.2, 0) is 6.42 Å². The molecule has 1 heteroatoms. The summed E-state index contributed by atoms with van der Waals surface area (Å²) >= 11 is 0. The molecule has 3 unspecified atom stereocenters. The Morgan fingerprint density at radius 1 is 0.889 bits per heavy atom. The molecule has 3 rings (SSSR count). The van der Waals surface area contributed by atoms with E-state index in [4.69, 9.17) is 4.74 Å². The summed E-state index contributed by atoms with van der Waals surface area (Å²) in [6.45, 7) is 4.81. The SMILES string of the molecule is CCCCC1CCC(CCc2ccc(-c3ccc(OC)cc3)cc2)C(C)C1. The van der Waals surface area contributed by atoms with Crippen molar-refractivity contribution >= 4 is 0 Å². The Morgan fingerprint density at radius 2 is 1.56 bits per heavy atom. The minimum absolute atomic E-state index is 0.902. The average molecular weight is 365 g/mol. The normalized spacial score (nSPS) is 22.6. The summed E-state index contributed by atoms with van der Waals surface area (Å²) in [5.74, 6) is 3.73. The van der Waals surface area contributed by atoms with Crippen molar-refractivity contribution in [1.29, 1.82) is 0 Å². The van der Waals surface area contributed by atoms with Gasteiger partial charge in [0.15, 0.2) is 0 Å². The summed E-state index contributed by atoms with van der Waals surface area (Å²) in [6.07, 6.45) is 11.2. The second-order valence-corrected chi connectivity index (χ2v) is 8.52. The molecule has 0 aromatic heterocycles. The maximum absolute atomic E-state index is 5.25. The molecule has 1 aliphatic rings. The highest BCUT2D eigenvalue weighted by molar-refractivity contribution is 5.64. The van der Waals surface area contributed by atoms with E-state index < -0.39 is 0 Å². The Kier molecular flexibility index (Phi) is 7.38. The van der Waals surface area contributed by atoms with Crippen molar-refractivity contribution in [3.63, 3.8) is 0 Å². The van der Waals surface area contributed by atoms with Crippen LogP contribution in [0.5, 0.6) is 5.75 Å². The minimum Gasteiger partial charge on any atom is -0.497 e. The lowest BCUT2D eigenvalue weighted by Crippen LogP contribution is -2.23. The van der Waals surface area contributed by atoms with Gasteiger partial charge >= 0.3 is 0 Å². The summed E-state index contributed by atoms with van der Waals surface area (Å²) in [4.78, 5) is 0. The molecule has 0 N–H and O–H groups in total. The van der Waals surface area contributed by atoms with Gasteiger partial charge in [-0.15, -0.1) is 0 Å². The lowest BCUT2D eigenvalue weighted by Gasteiger charge is -2.34. The summed E-state index contributed by atoms with van der Waals surface area (Å²) in [5.41, 5.74) is 4.01. The third-order valence-corrected chi connectivity index (χ3v) is 6.60. The number of rotatable bonds is 8. The van der Waals surface area contributed by atoms with E-state index in [0.29, 0.717) is 0 Å². The van der Waals surface area contributed by atoms with E-state index in [2.05, 4.69) is 50.2 Å². The van der Waals surface area contributed by atoms with Gasteiger partial charge in [0.25, 0.3) is 0 Å². The number of aryl methyl sites for hydroxylation is 1. The van der Waals surface area contributed by atoms with Crippen molar-refractivity contribution in [2.75, 3.05) is 7.11 Å². The number of ether oxygens (including phenoxy) is 1. The van der Waals surface area contributed by atoms with Crippen LogP contribution in [0.1, 0.15) is 64.4 Å². The van der Waals surface area contributed by atoms with Crippen molar-refractivity contribution in [2.45, 2.75) is 65.2 Å². The molecule has 1 aliphatic carbocycles. The first-order valence-electron chi connectivity index (χ1n) is 10.9. The summed E-state index contributed by atoms with van der Waals surface area (Å²) in [7, 11) is 1.71. The van der Waals surface area contributed by atoms with Gasteiger partial charge in [-0.2, -0.15) is 0 Å². The molecule has 146 valence electrons.